The van der Waals surface area contributed by atoms with E-state index in [1.165, 1.54) is 12.1 Å². The summed E-state index contributed by atoms with van der Waals surface area (Å²) >= 11 is 11.9. The SMILES string of the molecule is CC1(C)CC(=O)C2=C(C1)N(C[C@@H]1CCCO1)C(=O)[C@@]2(NC(=O)c1ccc(Cl)cc1Cl)C(F)(F)F. The number of ketones is 1. The van der Waals surface area contributed by atoms with E-state index < -0.39 is 46.4 Å². The number of ether oxygens (including phenoxy) is 1. The third-order valence-corrected chi connectivity index (χ3v) is 6.98. The Balaban J connectivity index is 1.84. The number of nitrogens with one attached hydrogen (secondary N) is 1. The molecule has 1 saturated heterocycles. The summed E-state index contributed by atoms with van der Waals surface area (Å²) < 4.78 is 49.9. The van der Waals surface area contributed by atoms with E-state index in [4.69, 9.17) is 27.9 Å². The molecular weight excluding hydrogens is 496 g/mol. The first kappa shape index (κ1) is 25.0. The van der Waals surface area contributed by atoms with Crippen molar-refractivity contribution in [3.05, 3.63) is 45.1 Å². The Hall–Kier alpha value is -2.10. The third kappa shape index (κ3) is 4.12. The van der Waals surface area contributed by atoms with E-state index in [0.717, 1.165) is 17.4 Å². The van der Waals surface area contributed by atoms with Gasteiger partial charge in [-0.3, -0.25) is 14.4 Å². The molecule has 1 N–H and O–H groups in total. The number of carbonyl (C=O) groups excluding carboxylic acids is 3. The van der Waals surface area contributed by atoms with Crippen molar-refractivity contribution in [2.45, 2.75) is 57.3 Å². The van der Waals surface area contributed by atoms with Gasteiger partial charge in [0.15, 0.2) is 5.78 Å². The van der Waals surface area contributed by atoms with Crippen LogP contribution in [0.1, 0.15) is 49.9 Å². The first-order chi connectivity index (χ1) is 15.8. The Morgan fingerprint density at radius 2 is 1.94 bits per heavy atom. The predicted molar refractivity (Wildman–Crippen MR) is 118 cm³/mol. The Kier molecular flexibility index (Phi) is 6.28. The van der Waals surface area contributed by atoms with Crippen LogP contribution < -0.4 is 5.32 Å². The fourth-order valence-corrected chi connectivity index (χ4v) is 5.42. The maximum atomic E-state index is 14.8. The molecule has 34 heavy (non-hydrogen) atoms. The summed E-state index contributed by atoms with van der Waals surface area (Å²) in [6, 6.07) is 3.66. The van der Waals surface area contributed by atoms with Crippen molar-refractivity contribution in [3.63, 3.8) is 0 Å². The molecule has 1 fully saturated rings. The monoisotopic (exact) mass is 518 g/mol. The highest BCUT2D eigenvalue weighted by molar-refractivity contribution is 6.36. The number of benzene rings is 1. The number of Topliss-reactive ketones (excluding diaryl/α,β-unsaturated/α-hetero) is 1. The number of nitrogens with zero attached hydrogens (tertiary/aromatic N) is 1. The lowest BCUT2D eigenvalue weighted by molar-refractivity contribution is -0.191. The van der Waals surface area contributed by atoms with Gasteiger partial charge in [-0.05, 0) is 42.9 Å². The largest absolute Gasteiger partial charge is 0.425 e. The molecule has 1 aromatic carbocycles. The quantitative estimate of drug-likeness (QED) is 0.627. The van der Waals surface area contributed by atoms with E-state index in [-0.39, 0.29) is 40.7 Å². The van der Waals surface area contributed by atoms with Crippen LogP contribution >= 0.6 is 23.2 Å². The summed E-state index contributed by atoms with van der Waals surface area (Å²) in [6.45, 7) is 3.82. The zero-order valence-corrected chi connectivity index (χ0v) is 20.0. The number of amides is 2. The van der Waals surface area contributed by atoms with Crippen LogP contribution in [0.15, 0.2) is 29.5 Å². The Bertz CT molecular complexity index is 1100. The van der Waals surface area contributed by atoms with Crippen molar-refractivity contribution in [2.24, 2.45) is 5.41 Å². The van der Waals surface area contributed by atoms with Crippen LogP contribution in [0.5, 0.6) is 0 Å². The molecule has 0 unspecified atom stereocenters. The van der Waals surface area contributed by atoms with Crippen molar-refractivity contribution >= 4 is 40.8 Å². The molecule has 1 aromatic rings. The smallest absolute Gasteiger partial charge is 0.376 e. The second kappa shape index (κ2) is 8.53. The average Bonchev–Trinajstić information content (AvgIpc) is 3.28. The summed E-state index contributed by atoms with van der Waals surface area (Å²) in [5.74, 6) is -3.48. The van der Waals surface area contributed by atoms with E-state index in [1.807, 2.05) is 5.32 Å². The number of hydrogen-bond acceptors (Lipinski definition) is 4. The van der Waals surface area contributed by atoms with Crippen LogP contribution in [0.25, 0.3) is 0 Å². The van der Waals surface area contributed by atoms with Crippen LogP contribution in [0.2, 0.25) is 10.0 Å². The van der Waals surface area contributed by atoms with Crippen molar-refractivity contribution in [3.8, 4) is 0 Å². The van der Waals surface area contributed by atoms with Gasteiger partial charge in [0.2, 0.25) is 5.54 Å². The predicted octanol–water partition coefficient (Wildman–Crippen LogP) is 4.69. The minimum Gasteiger partial charge on any atom is -0.376 e. The molecule has 2 amide bonds. The van der Waals surface area contributed by atoms with Gasteiger partial charge in [-0.1, -0.05) is 37.0 Å². The zero-order valence-electron chi connectivity index (χ0n) is 18.5. The molecule has 3 aliphatic rings. The molecule has 0 spiro atoms. The maximum Gasteiger partial charge on any atom is 0.425 e. The number of hydrogen-bond donors (Lipinski definition) is 1. The molecule has 2 aliphatic heterocycles. The molecule has 2 heterocycles. The van der Waals surface area contributed by atoms with Gasteiger partial charge in [0.25, 0.3) is 11.8 Å². The van der Waals surface area contributed by atoms with Crippen LogP contribution in [0.4, 0.5) is 13.2 Å². The van der Waals surface area contributed by atoms with Crippen molar-refractivity contribution in [2.75, 3.05) is 13.2 Å². The molecule has 0 radical (unpaired) electrons. The van der Waals surface area contributed by atoms with Gasteiger partial charge < -0.3 is 15.0 Å². The van der Waals surface area contributed by atoms with E-state index in [9.17, 15) is 27.6 Å². The van der Waals surface area contributed by atoms with Crippen LogP contribution in [0.3, 0.4) is 0 Å². The van der Waals surface area contributed by atoms with Gasteiger partial charge in [-0.25, -0.2) is 0 Å². The van der Waals surface area contributed by atoms with Crippen molar-refractivity contribution < 1.29 is 32.3 Å². The zero-order chi connectivity index (χ0) is 25.1. The van der Waals surface area contributed by atoms with Gasteiger partial charge in [0.05, 0.1) is 28.8 Å². The first-order valence-corrected chi connectivity index (χ1v) is 11.6. The Morgan fingerprint density at radius 3 is 2.53 bits per heavy atom. The highest BCUT2D eigenvalue weighted by atomic mass is 35.5. The molecule has 11 heteroatoms. The third-order valence-electron chi connectivity index (χ3n) is 6.43. The molecule has 6 nitrogen and oxygen atoms in total. The Labute approximate surface area is 204 Å². The molecule has 0 bridgehead atoms. The summed E-state index contributed by atoms with van der Waals surface area (Å²) in [5, 5.41) is 1.86. The normalized spacial score (nSPS) is 26.8. The summed E-state index contributed by atoms with van der Waals surface area (Å²) in [4.78, 5) is 40.7. The van der Waals surface area contributed by atoms with Gasteiger partial charge in [-0.2, -0.15) is 13.2 Å². The van der Waals surface area contributed by atoms with Gasteiger partial charge in [0, 0.05) is 23.7 Å². The number of allylic oxidation sites excluding steroid dienone is 1. The number of halogens is 5. The minimum absolute atomic E-state index is 0.0124. The molecule has 1 aliphatic carbocycles. The highest BCUT2D eigenvalue weighted by Gasteiger charge is 2.71. The Morgan fingerprint density at radius 1 is 1.24 bits per heavy atom. The lowest BCUT2D eigenvalue weighted by atomic mass is 9.72. The fraction of sp³-hybridized carbons (Fsp3) is 0.522. The second-order valence-electron chi connectivity index (χ2n) is 9.64. The topological polar surface area (TPSA) is 75.7 Å². The van der Waals surface area contributed by atoms with E-state index >= 15 is 0 Å². The first-order valence-electron chi connectivity index (χ1n) is 10.8. The van der Waals surface area contributed by atoms with Gasteiger partial charge in [0.1, 0.15) is 0 Å². The second-order valence-corrected chi connectivity index (χ2v) is 10.5. The number of rotatable bonds is 4. The number of alkyl halides is 3. The van der Waals surface area contributed by atoms with E-state index in [0.29, 0.717) is 13.0 Å². The maximum absolute atomic E-state index is 14.8. The lowest BCUT2D eigenvalue weighted by Crippen LogP contribution is -2.66. The van der Waals surface area contributed by atoms with E-state index in [2.05, 4.69) is 0 Å². The standard InChI is InChI=1S/C23H23Cl2F3N2O4/c1-21(2)9-16-18(17(31)10-21)22(23(26,27)28,20(33)30(16)11-13-4-3-7-34-13)29-19(32)14-6-5-12(24)8-15(14)25/h5-6,8,13H,3-4,7,9-11H2,1-2H3,(H,29,32)/t13-,22+/m0/s1. The fourth-order valence-electron chi connectivity index (χ4n) is 4.92. The minimum atomic E-state index is -5.29. The molecule has 2 atom stereocenters. The lowest BCUT2D eigenvalue weighted by Gasteiger charge is -2.35. The van der Waals surface area contributed by atoms with Gasteiger partial charge in [-0.15, -0.1) is 0 Å². The summed E-state index contributed by atoms with van der Waals surface area (Å²) in [6.07, 6.45) is -4.57. The van der Waals surface area contributed by atoms with Crippen LogP contribution in [-0.2, 0) is 14.3 Å². The summed E-state index contributed by atoms with van der Waals surface area (Å²) in [5.41, 5.74) is -5.21. The van der Waals surface area contributed by atoms with Gasteiger partial charge >= 0.3 is 6.18 Å². The highest BCUT2D eigenvalue weighted by Crippen LogP contribution is 2.52. The summed E-state index contributed by atoms with van der Waals surface area (Å²) in [7, 11) is 0. The van der Waals surface area contributed by atoms with Crippen LogP contribution in [0, 0.1) is 5.41 Å². The van der Waals surface area contributed by atoms with E-state index in [1.54, 1.807) is 13.8 Å². The van der Waals surface area contributed by atoms with Crippen molar-refractivity contribution in [1.82, 2.24) is 10.2 Å². The van der Waals surface area contributed by atoms with Crippen LogP contribution in [-0.4, -0.2) is 53.5 Å². The number of carbonyl (C=O) groups is 3. The van der Waals surface area contributed by atoms with Crippen molar-refractivity contribution in [1.29, 1.82) is 0 Å². The molecular formula is C23H23Cl2F3N2O4. The molecule has 0 aromatic heterocycles. The molecule has 0 saturated carbocycles. The molecule has 4 rings (SSSR count). The molecule has 184 valence electrons. The average molecular weight is 519 g/mol.